The normalized spacial score (nSPS) is 10.9. The van der Waals surface area contributed by atoms with E-state index in [1.54, 1.807) is 36.6 Å². The third-order valence-electron chi connectivity index (χ3n) is 4.63. The summed E-state index contributed by atoms with van der Waals surface area (Å²) in [6, 6.07) is 16.7. The smallest absolute Gasteiger partial charge is 0.274 e. The summed E-state index contributed by atoms with van der Waals surface area (Å²) in [5.41, 5.74) is 1.90. The molecule has 0 atom stereocenters. The minimum atomic E-state index is -0.175. The molecule has 0 unspecified atom stereocenters. The number of benzene rings is 2. The van der Waals surface area contributed by atoms with E-state index < -0.39 is 0 Å². The van der Waals surface area contributed by atoms with Gasteiger partial charge in [0.05, 0.1) is 23.9 Å². The molecule has 0 saturated carbocycles. The van der Waals surface area contributed by atoms with E-state index in [1.807, 2.05) is 41.8 Å². The third kappa shape index (κ3) is 3.23. The van der Waals surface area contributed by atoms with Crippen LogP contribution in [0, 0.1) is 0 Å². The fraction of sp³-hybridized carbons (Fsp3) is 0.136. The molecule has 5 nitrogen and oxygen atoms in total. The quantitative estimate of drug-likeness (QED) is 0.474. The van der Waals surface area contributed by atoms with Crippen LogP contribution in [0.15, 0.2) is 64.8 Å². The minimum Gasteiger partial charge on any atom is -0.496 e. The first-order valence-corrected chi connectivity index (χ1v) is 9.68. The van der Waals surface area contributed by atoms with Gasteiger partial charge >= 0.3 is 0 Å². The molecule has 0 bridgehead atoms. The molecule has 0 spiro atoms. The molecular weight excluding hydrogens is 372 g/mol. The highest BCUT2D eigenvalue weighted by atomic mass is 32.1. The number of hydrogen-bond acceptors (Lipinski definition) is 5. The number of ether oxygens (including phenoxy) is 1. The van der Waals surface area contributed by atoms with Gasteiger partial charge in [0.25, 0.3) is 5.56 Å². The Labute approximate surface area is 165 Å². The molecule has 2 aromatic carbocycles. The summed E-state index contributed by atoms with van der Waals surface area (Å²) < 4.78 is 6.87. The second-order valence-corrected chi connectivity index (χ2v) is 7.36. The van der Waals surface area contributed by atoms with Gasteiger partial charge < -0.3 is 4.74 Å². The highest BCUT2D eigenvalue weighted by Gasteiger charge is 2.15. The van der Waals surface area contributed by atoms with E-state index in [0.29, 0.717) is 16.7 Å². The predicted molar refractivity (Wildman–Crippen MR) is 111 cm³/mol. The Morgan fingerprint density at radius 2 is 1.89 bits per heavy atom. The van der Waals surface area contributed by atoms with Crippen LogP contribution in [0.25, 0.3) is 21.3 Å². The van der Waals surface area contributed by atoms with Gasteiger partial charge in [0.1, 0.15) is 11.4 Å². The molecule has 0 amide bonds. The standard InChI is InChI=1S/C22H18N2O3S/c1-14(25)15-9-10-19(27-2)16(12-15)13-24-22(26)18-7-4-3-6-17(18)21(23-24)20-8-5-11-28-20/h3-12H,13H2,1-2H3. The summed E-state index contributed by atoms with van der Waals surface area (Å²) in [4.78, 5) is 25.8. The Hall–Kier alpha value is -3.25. The maximum absolute atomic E-state index is 13.1. The lowest BCUT2D eigenvalue weighted by atomic mass is 10.1. The van der Waals surface area contributed by atoms with Crippen LogP contribution in [0.5, 0.6) is 5.75 Å². The molecule has 0 aliphatic heterocycles. The van der Waals surface area contributed by atoms with Crippen molar-refractivity contribution in [1.29, 1.82) is 0 Å². The number of Topliss-reactive ketones (excluding diaryl/α,β-unsaturated/α-hetero) is 1. The zero-order valence-electron chi connectivity index (χ0n) is 15.5. The number of carbonyl (C=O) groups is 1. The second-order valence-electron chi connectivity index (χ2n) is 6.42. The summed E-state index contributed by atoms with van der Waals surface area (Å²) in [5, 5.41) is 8.09. The van der Waals surface area contributed by atoms with Crippen molar-refractivity contribution in [3.8, 4) is 16.3 Å². The molecule has 28 heavy (non-hydrogen) atoms. The Kier molecular flexibility index (Phi) is 4.79. The van der Waals surface area contributed by atoms with Crippen molar-refractivity contribution in [2.24, 2.45) is 0 Å². The largest absolute Gasteiger partial charge is 0.496 e. The molecule has 0 aliphatic carbocycles. The number of nitrogens with zero attached hydrogens (tertiary/aromatic N) is 2. The van der Waals surface area contributed by atoms with Gasteiger partial charge in [-0.05, 0) is 42.6 Å². The molecule has 2 aromatic heterocycles. The van der Waals surface area contributed by atoms with Crippen LogP contribution >= 0.6 is 11.3 Å². The Bertz CT molecular complexity index is 1230. The number of fused-ring (bicyclic) bond motifs is 1. The van der Waals surface area contributed by atoms with Gasteiger partial charge in [0.2, 0.25) is 0 Å². The van der Waals surface area contributed by atoms with Crippen LogP contribution in [-0.4, -0.2) is 22.7 Å². The lowest BCUT2D eigenvalue weighted by molar-refractivity contribution is 0.101. The first-order valence-electron chi connectivity index (χ1n) is 8.80. The van der Waals surface area contributed by atoms with Gasteiger partial charge in [-0.1, -0.05) is 24.3 Å². The second kappa shape index (κ2) is 7.40. The van der Waals surface area contributed by atoms with Crippen molar-refractivity contribution in [3.63, 3.8) is 0 Å². The van der Waals surface area contributed by atoms with E-state index >= 15 is 0 Å². The average Bonchev–Trinajstić information content (AvgIpc) is 3.24. The third-order valence-corrected chi connectivity index (χ3v) is 5.51. The monoisotopic (exact) mass is 390 g/mol. The Morgan fingerprint density at radius 1 is 1.11 bits per heavy atom. The van der Waals surface area contributed by atoms with Crippen LogP contribution < -0.4 is 10.3 Å². The molecule has 0 fully saturated rings. The van der Waals surface area contributed by atoms with Crippen LogP contribution in [0.4, 0.5) is 0 Å². The SMILES string of the molecule is COc1ccc(C(C)=O)cc1Cn1nc(-c2cccs2)c2ccccc2c1=O. The Morgan fingerprint density at radius 3 is 2.57 bits per heavy atom. The number of rotatable bonds is 5. The number of aromatic nitrogens is 2. The lowest BCUT2D eigenvalue weighted by Crippen LogP contribution is -2.24. The van der Waals surface area contributed by atoms with Gasteiger partial charge in [0, 0.05) is 16.5 Å². The maximum Gasteiger partial charge on any atom is 0.274 e. The molecular formula is C22H18N2O3S. The molecule has 2 heterocycles. The first-order chi connectivity index (χ1) is 13.6. The number of carbonyl (C=O) groups excluding carboxylic acids is 1. The van der Waals surface area contributed by atoms with Gasteiger partial charge in [-0.25, -0.2) is 4.68 Å². The summed E-state index contributed by atoms with van der Waals surface area (Å²) in [6.45, 7) is 1.73. The van der Waals surface area contributed by atoms with Gasteiger partial charge in [0.15, 0.2) is 5.78 Å². The molecule has 0 N–H and O–H groups in total. The summed E-state index contributed by atoms with van der Waals surface area (Å²) in [6.07, 6.45) is 0. The lowest BCUT2D eigenvalue weighted by Gasteiger charge is -2.13. The fourth-order valence-electron chi connectivity index (χ4n) is 3.22. The molecule has 4 aromatic rings. The minimum absolute atomic E-state index is 0.0398. The molecule has 0 aliphatic rings. The van der Waals surface area contributed by atoms with Crippen molar-refractivity contribution >= 4 is 27.9 Å². The predicted octanol–water partition coefficient (Wildman–Crippen LogP) is 4.38. The highest BCUT2D eigenvalue weighted by Crippen LogP contribution is 2.29. The van der Waals surface area contributed by atoms with Gasteiger partial charge in [-0.2, -0.15) is 5.10 Å². The number of methoxy groups -OCH3 is 1. The van der Waals surface area contributed by atoms with Crippen molar-refractivity contribution in [3.05, 3.63) is 81.5 Å². The fourth-order valence-corrected chi connectivity index (χ4v) is 3.94. The van der Waals surface area contributed by atoms with E-state index in [-0.39, 0.29) is 17.9 Å². The molecule has 140 valence electrons. The van der Waals surface area contributed by atoms with E-state index in [0.717, 1.165) is 21.5 Å². The number of ketones is 1. The number of thiophene rings is 1. The summed E-state index contributed by atoms with van der Waals surface area (Å²) >= 11 is 1.58. The average molecular weight is 390 g/mol. The zero-order valence-corrected chi connectivity index (χ0v) is 16.3. The first kappa shape index (κ1) is 18.1. The summed E-state index contributed by atoms with van der Waals surface area (Å²) in [7, 11) is 1.57. The molecule has 6 heteroatoms. The van der Waals surface area contributed by atoms with Crippen LogP contribution in [-0.2, 0) is 6.54 Å². The van der Waals surface area contributed by atoms with E-state index in [2.05, 4.69) is 5.10 Å². The van der Waals surface area contributed by atoms with E-state index in [1.165, 1.54) is 11.6 Å². The zero-order chi connectivity index (χ0) is 19.7. The number of hydrogen-bond donors (Lipinski definition) is 0. The van der Waals surface area contributed by atoms with Crippen molar-refractivity contribution in [1.82, 2.24) is 9.78 Å². The van der Waals surface area contributed by atoms with Crippen molar-refractivity contribution in [2.45, 2.75) is 13.5 Å². The van der Waals surface area contributed by atoms with Crippen molar-refractivity contribution < 1.29 is 9.53 Å². The Balaban J connectivity index is 1.91. The van der Waals surface area contributed by atoms with E-state index in [4.69, 9.17) is 4.74 Å². The van der Waals surface area contributed by atoms with Crippen LogP contribution in [0.3, 0.4) is 0 Å². The molecule has 4 rings (SSSR count). The van der Waals surface area contributed by atoms with Crippen LogP contribution in [0.1, 0.15) is 22.8 Å². The molecule has 0 radical (unpaired) electrons. The summed E-state index contributed by atoms with van der Waals surface area (Å²) in [5.74, 6) is 0.575. The molecule has 0 saturated heterocycles. The van der Waals surface area contributed by atoms with Gasteiger partial charge in [-0.15, -0.1) is 11.3 Å². The van der Waals surface area contributed by atoms with Crippen LogP contribution in [0.2, 0.25) is 0 Å². The van der Waals surface area contributed by atoms with Crippen molar-refractivity contribution in [2.75, 3.05) is 7.11 Å². The van der Waals surface area contributed by atoms with Gasteiger partial charge in [-0.3, -0.25) is 9.59 Å². The maximum atomic E-state index is 13.1. The topological polar surface area (TPSA) is 61.2 Å². The van der Waals surface area contributed by atoms with E-state index in [9.17, 15) is 9.59 Å². The highest BCUT2D eigenvalue weighted by molar-refractivity contribution is 7.13.